The average molecular weight is 463 g/mol. The fourth-order valence-electron chi connectivity index (χ4n) is 4.44. The first kappa shape index (κ1) is 23.0. The van der Waals surface area contributed by atoms with Crippen LogP contribution in [-0.2, 0) is 38.6 Å². The lowest BCUT2D eigenvalue weighted by molar-refractivity contribution is -0.221. The second-order valence-electron chi connectivity index (χ2n) is 9.05. The lowest BCUT2D eigenvalue weighted by Crippen LogP contribution is -2.43. The molecule has 5 heterocycles. The molecule has 0 aromatic carbocycles. The second kappa shape index (κ2) is 10.2. The molecule has 8 heteroatoms. The van der Waals surface area contributed by atoms with E-state index in [-0.39, 0.29) is 18.3 Å². The van der Waals surface area contributed by atoms with Crippen molar-refractivity contribution < 1.29 is 18.9 Å². The van der Waals surface area contributed by atoms with Crippen LogP contribution < -0.4 is 0 Å². The molecule has 5 rings (SSSR count). The Labute approximate surface area is 199 Å². The Balaban J connectivity index is 1.34. The predicted octanol–water partition coefficient (Wildman–Crippen LogP) is 3.34. The van der Waals surface area contributed by atoms with Crippen LogP contribution in [0, 0.1) is 0 Å². The molecule has 0 bridgehead atoms. The average Bonchev–Trinajstić information content (AvgIpc) is 3.30. The highest BCUT2D eigenvalue weighted by atomic mass is 16.8. The SMILES string of the molecule is CC1(C)O[C@H]2O[C@H](CN(Cc3ccccn3)Cc3ccccn3)[C@H](OCc3ccccn3)[C@H]2O1. The van der Waals surface area contributed by atoms with Gasteiger partial charge >= 0.3 is 0 Å². The summed E-state index contributed by atoms with van der Waals surface area (Å²) in [7, 11) is 0. The summed E-state index contributed by atoms with van der Waals surface area (Å²) >= 11 is 0. The summed E-state index contributed by atoms with van der Waals surface area (Å²) in [5.74, 6) is -0.714. The van der Waals surface area contributed by atoms with Crippen molar-refractivity contribution in [1.29, 1.82) is 0 Å². The van der Waals surface area contributed by atoms with E-state index in [0.29, 0.717) is 26.2 Å². The van der Waals surface area contributed by atoms with Crippen LogP contribution in [0.1, 0.15) is 30.9 Å². The number of nitrogens with zero attached hydrogens (tertiary/aromatic N) is 4. The molecule has 4 atom stereocenters. The molecule has 178 valence electrons. The summed E-state index contributed by atoms with van der Waals surface area (Å²) < 4.78 is 24.9. The minimum absolute atomic E-state index is 0.248. The standard InChI is InChI=1S/C26H30N4O4/c1-26(2)33-24-23(31-18-21-11-5-8-14-29-21)22(32-25(24)34-26)17-30(15-19-9-3-6-12-27-19)16-20-10-4-7-13-28-20/h3-14,22-25H,15-18H2,1-2H3/t22-,23+,24-,25-/m1/s1. The van der Waals surface area contributed by atoms with Gasteiger partial charge in [-0.15, -0.1) is 0 Å². The summed E-state index contributed by atoms with van der Waals surface area (Å²) in [6, 6.07) is 17.7. The van der Waals surface area contributed by atoms with Gasteiger partial charge in [-0.05, 0) is 50.2 Å². The molecule has 3 aromatic rings. The molecule has 0 unspecified atom stereocenters. The largest absolute Gasteiger partial charge is 0.366 e. The van der Waals surface area contributed by atoms with E-state index < -0.39 is 12.1 Å². The van der Waals surface area contributed by atoms with E-state index >= 15 is 0 Å². The van der Waals surface area contributed by atoms with Gasteiger partial charge in [0.1, 0.15) is 18.3 Å². The number of hydrogen-bond acceptors (Lipinski definition) is 8. The maximum Gasteiger partial charge on any atom is 0.190 e. The van der Waals surface area contributed by atoms with E-state index in [4.69, 9.17) is 18.9 Å². The number of fused-ring (bicyclic) bond motifs is 1. The molecular weight excluding hydrogens is 432 g/mol. The van der Waals surface area contributed by atoms with Gasteiger partial charge in [0.2, 0.25) is 0 Å². The van der Waals surface area contributed by atoms with Gasteiger partial charge in [0.05, 0.1) is 23.7 Å². The topological polar surface area (TPSA) is 78.8 Å². The zero-order valence-corrected chi connectivity index (χ0v) is 19.5. The molecule has 0 aliphatic carbocycles. The first-order valence-electron chi connectivity index (χ1n) is 11.6. The normalized spacial score (nSPS) is 25.5. The Morgan fingerprint density at radius 1 is 0.824 bits per heavy atom. The van der Waals surface area contributed by atoms with E-state index in [9.17, 15) is 0 Å². The van der Waals surface area contributed by atoms with Crippen LogP contribution in [0.2, 0.25) is 0 Å². The molecule has 0 N–H and O–H groups in total. The highest BCUT2D eigenvalue weighted by molar-refractivity contribution is 5.07. The molecule has 0 radical (unpaired) electrons. The van der Waals surface area contributed by atoms with E-state index in [2.05, 4.69) is 19.9 Å². The Morgan fingerprint density at radius 2 is 1.41 bits per heavy atom. The van der Waals surface area contributed by atoms with Gasteiger partial charge in [0.25, 0.3) is 0 Å². The molecular formula is C26H30N4O4. The van der Waals surface area contributed by atoms with Crippen molar-refractivity contribution in [3.05, 3.63) is 90.3 Å². The van der Waals surface area contributed by atoms with Gasteiger partial charge in [-0.3, -0.25) is 19.9 Å². The highest BCUT2D eigenvalue weighted by Crippen LogP contribution is 2.39. The predicted molar refractivity (Wildman–Crippen MR) is 124 cm³/mol. The van der Waals surface area contributed by atoms with E-state index in [1.54, 1.807) is 6.20 Å². The van der Waals surface area contributed by atoms with E-state index in [1.807, 2.05) is 80.8 Å². The number of rotatable bonds is 9. The van der Waals surface area contributed by atoms with Crippen molar-refractivity contribution in [1.82, 2.24) is 19.9 Å². The van der Waals surface area contributed by atoms with Gasteiger partial charge < -0.3 is 18.9 Å². The zero-order chi connectivity index (χ0) is 23.4. The lowest BCUT2D eigenvalue weighted by Gasteiger charge is -2.30. The molecule has 2 fully saturated rings. The van der Waals surface area contributed by atoms with Gasteiger partial charge in [-0.1, -0.05) is 18.2 Å². The molecule has 0 spiro atoms. The summed E-state index contributed by atoms with van der Waals surface area (Å²) in [6.45, 7) is 6.10. The Morgan fingerprint density at radius 3 is 1.97 bits per heavy atom. The molecule has 2 aliphatic rings. The van der Waals surface area contributed by atoms with Crippen molar-refractivity contribution in [2.75, 3.05) is 6.54 Å². The third kappa shape index (κ3) is 5.65. The van der Waals surface area contributed by atoms with Crippen LogP contribution in [0.15, 0.2) is 73.2 Å². The minimum Gasteiger partial charge on any atom is -0.366 e. The third-order valence-electron chi connectivity index (χ3n) is 5.90. The van der Waals surface area contributed by atoms with Crippen molar-refractivity contribution in [2.24, 2.45) is 0 Å². The summed E-state index contributed by atoms with van der Waals surface area (Å²) in [5, 5.41) is 0. The summed E-state index contributed by atoms with van der Waals surface area (Å²) in [5.41, 5.74) is 2.83. The first-order valence-corrected chi connectivity index (χ1v) is 11.6. The Hall–Kier alpha value is -2.75. The monoisotopic (exact) mass is 462 g/mol. The second-order valence-corrected chi connectivity index (χ2v) is 9.05. The number of hydrogen-bond donors (Lipinski definition) is 0. The van der Waals surface area contributed by atoms with Crippen molar-refractivity contribution in [2.45, 2.75) is 63.9 Å². The van der Waals surface area contributed by atoms with Gasteiger partial charge in [0.15, 0.2) is 12.1 Å². The maximum absolute atomic E-state index is 6.36. The molecule has 2 saturated heterocycles. The van der Waals surface area contributed by atoms with Crippen LogP contribution in [0.4, 0.5) is 0 Å². The minimum atomic E-state index is -0.714. The fraction of sp³-hybridized carbons (Fsp3) is 0.423. The quantitative estimate of drug-likeness (QED) is 0.479. The number of ether oxygens (including phenoxy) is 4. The summed E-state index contributed by atoms with van der Waals surface area (Å²) in [4.78, 5) is 15.7. The fourth-order valence-corrected chi connectivity index (χ4v) is 4.44. The smallest absolute Gasteiger partial charge is 0.190 e. The molecule has 0 amide bonds. The van der Waals surface area contributed by atoms with Crippen LogP contribution in [0.25, 0.3) is 0 Å². The van der Waals surface area contributed by atoms with Crippen LogP contribution in [0.5, 0.6) is 0 Å². The van der Waals surface area contributed by atoms with E-state index in [1.165, 1.54) is 0 Å². The molecule has 0 saturated carbocycles. The van der Waals surface area contributed by atoms with Crippen LogP contribution >= 0.6 is 0 Å². The molecule has 2 aliphatic heterocycles. The zero-order valence-electron chi connectivity index (χ0n) is 19.5. The first-order chi connectivity index (χ1) is 16.6. The molecule has 34 heavy (non-hydrogen) atoms. The lowest BCUT2D eigenvalue weighted by atomic mass is 10.1. The van der Waals surface area contributed by atoms with Crippen molar-refractivity contribution in [3.8, 4) is 0 Å². The molecule has 8 nitrogen and oxygen atoms in total. The van der Waals surface area contributed by atoms with Gasteiger partial charge in [0, 0.05) is 38.2 Å². The highest BCUT2D eigenvalue weighted by Gasteiger charge is 2.55. The van der Waals surface area contributed by atoms with Crippen LogP contribution in [-0.4, -0.2) is 56.8 Å². The number of pyridine rings is 3. The van der Waals surface area contributed by atoms with Crippen molar-refractivity contribution in [3.63, 3.8) is 0 Å². The van der Waals surface area contributed by atoms with Crippen molar-refractivity contribution >= 4 is 0 Å². The Bertz CT molecular complexity index is 997. The Kier molecular flexibility index (Phi) is 6.94. The number of aromatic nitrogens is 3. The van der Waals surface area contributed by atoms with Crippen LogP contribution in [0.3, 0.4) is 0 Å². The molecule has 3 aromatic heterocycles. The van der Waals surface area contributed by atoms with Gasteiger partial charge in [-0.25, -0.2) is 0 Å². The van der Waals surface area contributed by atoms with E-state index in [0.717, 1.165) is 17.1 Å². The summed E-state index contributed by atoms with van der Waals surface area (Å²) in [6.07, 6.45) is 4.06. The maximum atomic E-state index is 6.36. The van der Waals surface area contributed by atoms with Gasteiger partial charge in [-0.2, -0.15) is 0 Å². The third-order valence-corrected chi connectivity index (χ3v) is 5.90.